The van der Waals surface area contributed by atoms with Crippen molar-refractivity contribution in [3.05, 3.63) is 11.6 Å². The summed E-state index contributed by atoms with van der Waals surface area (Å²) in [7, 11) is 0. The Morgan fingerprint density at radius 2 is 2.09 bits per heavy atom. The number of ether oxygens (including phenoxy) is 1. The molecule has 0 bridgehead atoms. The predicted octanol–water partition coefficient (Wildman–Crippen LogP) is 0.580. The zero-order chi connectivity index (χ0) is 8.85. The van der Waals surface area contributed by atoms with Crippen molar-refractivity contribution in [1.82, 2.24) is 0 Å². The molecule has 0 amide bonds. The van der Waals surface area contributed by atoms with E-state index in [-0.39, 0.29) is 12.2 Å². The van der Waals surface area contributed by atoms with Crippen molar-refractivity contribution >= 4 is 11.9 Å². The number of carboxylic acids is 1. The maximum Gasteiger partial charge on any atom is 0.334 e. The smallest absolute Gasteiger partial charge is 0.334 e. The molecule has 4 heteroatoms. The molecule has 0 fully saturated rings. The molecule has 0 aromatic heterocycles. The maximum absolute atomic E-state index is 10.3. The molecule has 0 spiro atoms. The Balaban J connectivity index is 3.92. The molecule has 0 heterocycles. The van der Waals surface area contributed by atoms with Crippen LogP contribution < -0.4 is 0 Å². The fourth-order valence-corrected chi connectivity index (χ4v) is 0.448. The summed E-state index contributed by atoms with van der Waals surface area (Å²) in [5, 5.41) is 8.43. The Morgan fingerprint density at radius 1 is 1.55 bits per heavy atom. The second-order valence-corrected chi connectivity index (χ2v) is 1.90. The average molecular weight is 158 g/mol. The molecule has 62 valence electrons. The van der Waals surface area contributed by atoms with Gasteiger partial charge in [-0.25, -0.2) is 4.79 Å². The van der Waals surface area contributed by atoms with Crippen LogP contribution in [0.5, 0.6) is 0 Å². The number of rotatable bonds is 3. The van der Waals surface area contributed by atoms with E-state index in [0.29, 0.717) is 0 Å². The van der Waals surface area contributed by atoms with Crippen molar-refractivity contribution in [2.24, 2.45) is 0 Å². The minimum Gasteiger partial charge on any atom is -0.478 e. The molecular formula is C7H10O4. The number of carbonyl (C=O) groups excluding carboxylic acids is 1. The maximum atomic E-state index is 10.3. The van der Waals surface area contributed by atoms with Gasteiger partial charge in [0.1, 0.15) is 6.61 Å². The Labute approximate surface area is 64.5 Å². The fourth-order valence-electron chi connectivity index (χ4n) is 0.448. The van der Waals surface area contributed by atoms with Crippen molar-refractivity contribution in [2.45, 2.75) is 13.8 Å². The van der Waals surface area contributed by atoms with E-state index in [0.717, 1.165) is 0 Å². The van der Waals surface area contributed by atoms with Crippen LogP contribution in [0.2, 0.25) is 0 Å². The molecule has 0 atom stereocenters. The van der Waals surface area contributed by atoms with Crippen molar-refractivity contribution in [3.63, 3.8) is 0 Å². The van der Waals surface area contributed by atoms with Crippen LogP contribution in [0, 0.1) is 0 Å². The number of esters is 1. The average Bonchev–Trinajstić information content (AvgIpc) is 1.87. The monoisotopic (exact) mass is 158 g/mol. The van der Waals surface area contributed by atoms with Crippen LogP contribution in [0.15, 0.2) is 11.6 Å². The van der Waals surface area contributed by atoms with Gasteiger partial charge < -0.3 is 9.84 Å². The van der Waals surface area contributed by atoms with Gasteiger partial charge in [-0.1, -0.05) is 6.08 Å². The number of carbonyl (C=O) groups is 2. The molecule has 0 unspecified atom stereocenters. The van der Waals surface area contributed by atoms with Crippen molar-refractivity contribution in [2.75, 3.05) is 6.61 Å². The van der Waals surface area contributed by atoms with E-state index < -0.39 is 11.9 Å². The van der Waals surface area contributed by atoms with Crippen LogP contribution in [0.3, 0.4) is 0 Å². The summed E-state index contributed by atoms with van der Waals surface area (Å²) in [5.41, 5.74) is 0.0835. The van der Waals surface area contributed by atoms with Gasteiger partial charge in [0.25, 0.3) is 0 Å². The first-order valence-electron chi connectivity index (χ1n) is 3.09. The lowest BCUT2D eigenvalue weighted by atomic mass is 10.3. The molecule has 0 aliphatic rings. The van der Waals surface area contributed by atoms with Gasteiger partial charge >= 0.3 is 11.9 Å². The van der Waals surface area contributed by atoms with Crippen LogP contribution in [-0.4, -0.2) is 23.7 Å². The van der Waals surface area contributed by atoms with Gasteiger partial charge in [-0.15, -0.1) is 0 Å². The van der Waals surface area contributed by atoms with E-state index in [1.807, 2.05) is 0 Å². The Morgan fingerprint density at radius 3 is 2.36 bits per heavy atom. The minimum absolute atomic E-state index is 0.0835. The zero-order valence-corrected chi connectivity index (χ0v) is 6.46. The van der Waals surface area contributed by atoms with Crippen molar-refractivity contribution in [1.29, 1.82) is 0 Å². The first kappa shape index (κ1) is 9.68. The number of aliphatic carboxylic acids is 1. The summed E-state index contributed by atoms with van der Waals surface area (Å²) in [6, 6.07) is 0. The quantitative estimate of drug-likeness (QED) is 0.482. The van der Waals surface area contributed by atoms with E-state index >= 15 is 0 Å². The SMILES string of the molecule is C/C=C(/COC(C)=O)C(=O)O. The van der Waals surface area contributed by atoms with Crippen LogP contribution >= 0.6 is 0 Å². The number of allylic oxidation sites excluding steroid dienone is 1. The van der Waals surface area contributed by atoms with Gasteiger partial charge in [0, 0.05) is 6.92 Å². The van der Waals surface area contributed by atoms with Crippen LogP contribution in [0.4, 0.5) is 0 Å². The molecule has 0 aliphatic heterocycles. The summed E-state index contributed by atoms with van der Waals surface area (Å²) in [6.45, 7) is 2.64. The molecule has 1 N–H and O–H groups in total. The van der Waals surface area contributed by atoms with Gasteiger partial charge in [-0.05, 0) is 6.92 Å². The standard InChI is InChI=1S/C7H10O4/c1-3-6(7(9)10)4-11-5(2)8/h3H,4H2,1-2H3,(H,9,10)/b6-3-. The third-order valence-corrected chi connectivity index (χ3v) is 1.05. The topological polar surface area (TPSA) is 63.6 Å². The molecule has 0 saturated heterocycles. The third-order valence-electron chi connectivity index (χ3n) is 1.05. The van der Waals surface area contributed by atoms with Gasteiger partial charge in [-0.3, -0.25) is 4.79 Å². The largest absolute Gasteiger partial charge is 0.478 e. The van der Waals surface area contributed by atoms with Crippen molar-refractivity contribution < 1.29 is 19.4 Å². The lowest BCUT2D eigenvalue weighted by Gasteiger charge is -2.00. The van der Waals surface area contributed by atoms with E-state index in [1.54, 1.807) is 6.92 Å². The number of hydrogen-bond donors (Lipinski definition) is 1. The first-order chi connectivity index (χ1) is 5.07. The van der Waals surface area contributed by atoms with E-state index in [4.69, 9.17) is 5.11 Å². The van der Waals surface area contributed by atoms with E-state index in [1.165, 1.54) is 13.0 Å². The highest BCUT2D eigenvalue weighted by molar-refractivity contribution is 5.87. The molecular weight excluding hydrogens is 148 g/mol. The number of hydrogen-bond acceptors (Lipinski definition) is 3. The molecule has 0 aromatic rings. The summed E-state index contributed by atoms with van der Waals surface area (Å²) in [5.74, 6) is -1.54. The second-order valence-electron chi connectivity index (χ2n) is 1.90. The van der Waals surface area contributed by atoms with E-state index in [9.17, 15) is 9.59 Å². The summed E-state index contributed by atoms with van der Waals surface area (Å²) < 4.78 is 4.47. The molecule has 4 nitrogen and oxygen atoms in total. The van der Waals surface area contributed by atoms with Crippen LogP contribution in [0.25, 0.3) is 0 Å². The second kappa shape index (κ2) is 4.49. The highest BCUT2D eigenvalue weighted by Crippen LogP contribution is 1.95. The lowest BCUT2D eigenvalue weighted by Crippen LogP contribution is -2.10. The van der Waals surface area contributed by atoms with Crippen LogP contribution in [-0.2, 0) is 14.3 Å². The van der Waals surface area contributed by atoms with Crippen LogP contribution in [0.1, 0.15) is 13.8 Å². The van der Waals surface area contributed by atoms with E-state index in [2.05, 4.69) is 4.74 Å². The molecule has 0 aromatic carbocycles. The molecule has 0 rings (SSSR count). The van der Waals surface area contributed by atoms with Gasteiger partial charge in [0.15, 0.2) is 0 Å². The molecule has 0 aliphatic carbocycles. The van der Waals surface area contributed by atoms with Gasteiger partial charge in [0.05, 0.1) is 5.57 Å². The summed E-state index contributed by atoms with van der Waals surface area (Å²) in [4.78, 5) is 20.5. The summed E-state index contributed by atoms with van der Waals surface area (Å²) in [6.07, 6.45) is 1.39. The third kappa shape index (κ3) is 4.13. The highest BCUT2D eigenvalue weighted by atomic mass is 16.5. The molecule has 11 heavy (non-hydrogen) atoms. The molecule has 0 saturated carbocycles. The van der Waals surface area contributed by atoms with Gasteiger partial charge in [0.2, 0.25) is 0 Å². The minimum atomic E-state index is -1.06. The number of carboxylic acid groups (broad SMARTS) is 1. The predicted molar refractivity (Wildman–Crippen MR) is 38.0 cm³/mol. The van der Waals surface area contributed by atoms with Gasteiger partial charge in [-0.2, -0.15) is 0 Å². The van der Waals surface area contributed by atoms with Crippen molar-refractivity contribution in [3.8, 4) is 0 Å². The highest BCUT2D eigenvalue weighted by Gasteiger charge is 2.06. The molecule has 0 radical (unpaired) electrons. The fraction of sp³-hybridized carbons (Fsp3) is 0.429. The lowest BCUT2D eigenvalue weighted by molar-refractivity contribution is -0.141. The first-order valence-corrected chi connectivity index (χ1v) is 3.09. The normalized spacial score (nSPS) is 10.9. The zero-order valence-electron chi connectivity index (χ0n) is 6.46. The Kier molecular flexibility index (Phi) is 3.95. The summed E-state index contributed by atoms with van der Waals surface area (Å²) >= 11 is 0. The Bertz CT molecular complexity index is 193. The Hall–Kier alpha value is -1.32.